The summed E-state index contributed by atoms with van der Waals surface area (Å²) in [5, 5.41) is 13.7. The maximum atomic E-state index is 15.5. The number of fused-ring (bicyclic) bond motifs is 5. The van der Waals surface area contributed by atoms with Crippen molar-refractivity contribution in [1.29, 1.82) is 0 Å². The number of ketones is 2. The third kappa shape index (κ3) is 7.81. The number of carbonyl (C=O) groups excluding carboxylic acids is 6. The number of hydrogen-bond donors (Lipinski definition) is 1. The first-order valence-electron chi connectivity index (χ1n) is 20.0. The smallest absolute Gasteiger partial charge is 0.348 e. The number of aliphatic hydroxyl groups is 1. The molecule has 3 fully saturated rings. The lowest BCUT2D eigenvalue weighted by Crippen LogP contribution is -2.82. The SMILES string of the molecule is CO[C@H]1C(=O)[C@@]2(C)C([C@H](OC(=O)c3ccccc3)[C@]3(O)C[C@H](OC(=O)[C@@H](Cc4ccccc4)OC(=O)COCC(C)=O)C(C)=C1C3(C)C)[C@]1(OC(C)=O)COC1C[C@@H]2OC. The molecule has 2 saturated carbocycles. The molecule has 2 aromatic rings. The summed E-state index contributed by atoms with van der Waals surface area (Å²) >= 11 is 0. The fourth-order valence-corrected chi connectivity index (χ4v) is 9.97. The Balaban J connectivity index is 1.51. The highest BCUT2D eigenvalue weighted by Gasteiger charge is 2.78. The van der Waals surface area contributed by atoms with Gasteiger partial charge in [0, 0.05) is 45.8 Å². The van der Waals surface area contributed by atoms with Gasteiger partial charge in [0.15, 0.2) is 17.2 Å². The Bertz CT molecular complexity index is 2010. The van der Waals surface area contributed by atoms with Crippen LogP contribution >= 0.6 is 0 Å². The predicted octanol–water partition coefficient (Wildman–Crippen LogP) is 3.70. The van der Waals surface area contributed by atoms with Gasteiger partial charge in [0.25, 0.3) is 0 Å². The van der Waals surface area contributed by atoms with Crippen molar-refractivity contribution in [1.82, 2.24) is 0 Å². The van der Waals surface area contributed by atoms with Crippen LogP contribution in [0.15, 0.2) is 71.8 Å². The summed E-state index contributed by atoms with van der Waals surface area (Å²) in [5.74, 6) is -5.53. The van der Waals surface area contributed by atoms with Gasteiger partial charge in [-0.3, -0.25) is 14.4 Å². The molecule has 60 heavy (non-hydrogen) atoms. The first-order valence-corrected chi connectivity index (χ1v) is 20.0. The van der Waals surface area contributed by atoms with E-state index in [1.165, 1.54) is 28.1 Å². The molecule has 3 aliphatic carbocycles. The van der Waals surface area contributed by atoms with Crippen molar-refractivity contribution >= 4 is 35.4 Å². The summed E-state index contributed by atoms with van der Waals surface area (Å²) in [6.45, 7) is 8.10. The van der Waals surface area contributed by atoms with Gasteiger partial charge in [0.2, 0.25) is 6.10 Å². The number of methoxy groups -OCH3 is 2. The molecule has 0 radical (unpaired) electrons. The van der Waals surface area contributed by atoms with Crippen molar-refractivity contribution in [2.75, 3.05) is 34.0 Å². The summed E-state index contributed by atoms with van der Waals surface area (Å²) in [6.07, 6.45) is -7.90. The molecule has 1 saturated heterocycles. The number of rotatable bonds is 14. The van der Waals surface area contributed by atoms with E-state index in [4.69, 9.17) is 37.9 Å². The van der Waals surface area contributed by atoms with Crippen LogP contribution in [0.25, 0.3) is 0 Å². The van der Waals surface area contributed by atoms with Crippen molar-refractivity contribution in [3.05, 3.63) is 82.9 Å². The largest absolute Gasteiger partial charge is 0.455 e. The van der Waals surface area contributed by atoms with Crippen LogP contribution in [0.3, 0.4) is 0 Å². The molecule has 2 aromatic carbocycles. The fraction of sp³-hybridized carbons (Fsp3) is 0.556. The third-order valence-electron chi connectivity index (χ3n) is 13.0. The monoisotopic (exact) mass is 834 g/mol. The molecule has 15 heteroatoms. The van der Waals surface area contributed by atoms with Crippen LogP contribution in [0, 0.1) is 16.7 Å². The van der Waals surface area contributed by atoms with Crippen molar-refractivity contribution < 1.29 is 71.8 Å². The van der Waals surface area contributed by atoms with Crippen molar-refractivity contribution in [3.8, 4) is 0 Å². The number of benzene rings is 2. The number of carbonyl (C=O) groups is 6. The van der Waals surface area contributed by atoms with E-state index in [-0.39, 0.29) is 43.0 Å². The molecule has 0 spiro atoms. The molecular weight excluding hydrogens is 780 g/mol. The summed E-state index contributed by atoms with van der Waals surface area (Å²) in [7, 11) is 2.79. The van der Waals surface area contributed by atoms with Gasteiger partial charge < -0.3 is 43.0 Å². The van der Waals surface area contributed by atoms with E-state index in [0.29, 0.717) is 11.1 Å². The Morgan fingerprint density at radius 2 is 1.55 bits per heavy atom. The second-order valence-corrected chi connectivity index (χ2v) is 16.9. The zero-order valence-electron chi connectivity index (χ0n) is 35.2. The van der Waals surface area contributed by atoms with Gasteiger partial charge in [-0.1, -0.05) is 62.4 Å². The minimum absolute atomic E-state index is 0.0994. The second kappa shape index (κ2) is 17.3. The number of esters is 4. The van der Waals surface area contributed by atoms with Gasteiger partial charge in [-0.05, 0) is 49.6 Å². The highest BCUT2D eigenvalue weighted by molar-refractivity contribution is 5.94. The Labute approximate surface area is 348 Å². The van der Waals surface area contributed by atoms with Gasteiger partial charge >= 0.3 is 23.9 Å². The molecule has 10 atom stereocenters. The number of ether oxygens (including phenoxy) is 8. The maximum absolute atomic E-state index is 15.5. The number of hydrogen-bond acceptors (Lipinski definition) is 15. The van der Waals surface area contributed by atoms with Gasteiger partial charge in [-0.2, -0.15) is 0 Å². The van der Waals surface area contributed by atoms with Crippen molar-refractivity contribution in [2.24, 2.45) is 16.7 Å². The first kappa shape index (κ1) is 44.7. The van der Waals surface area contributed by atoms with Crippen LogP contribution in [0.5, 0.6) is 0 Å². The Kier molecular flexibility index (Phi) is 12.9. The molecule has 15 nitrogen and oxygen atoms in total. The average molecular weight is 835 g/mol. The lowest BCUT2D eigenvalue weighted by atomic mass is 9.44. The van der Waals surface area contributed by atoms with E-state index in [1.54, 1.807) is 88.4 Å². The fourth-order valence-electron chi connectivity index (χ4n) is 9.97. The van der Waals surface area contributed by atoms with Gasteiger partial charge in [-0.25, -0.2) is 14.4 Å². The highest BCUT2D eigenvalue weighted by Crippen LogP contribution is 2.64. The minimum atomic E-state index is -2.20. The molecule has 0 amide bonds. The van der Waals surface area contributed by atoms with Crippen LogP contribution in [-0.2, 0) is 68.3 Å². The maximum Gasteiger partial charge on any atom is 0.348 e. The van der Waals surface area contributed by atoms with E-state index in [2.05, 4.69) is 0 Å². The molecule has 1 heterocycles. The predicted molar refractivity (Wildman–Crippen MR) is 210 cm³/mol. The molecule has 2 unspecified atom stereocenters. The summed E-state index contributed by atoms with van der Waals surface area (Å²) in [4.78, 5) is 81.6. The average Bonchev–Trinajstić information content (AvgIpc) is 3.19. The van der Waals surface area contributed by atoms with Crippen LogP contribution in [0.1, 0.15) is 70.3 Å². The molecule has 4 aliphatic rings. The lowest BCUT2D eigenvalue weighted by molar-refractivity contribution is -0.347. The second-order valence-electron chi connectivity index (χ2n) is 16.9. The van der Waals surface area contributed by atoms with Crippen LogP contribution in [-0.4, -0.2) is 122 Å². The van der Waals surface area contributed by atoms with Crippen molar-refractivity contribution in [2.45, 2.75) is 109 Å². The van der Waals surface area contributed by atoms with Crippen LogP contribution in [0.4, 0.5) is 0 Å². The molecule has 1 N–H and O–H groups in total. The third-order valence-corrected chi connectivity index (χ3v) is 13.0. The first-order chi connectivity index (χ1) is 28.3. The molecule has 6 rings (SSSR count). The quantitative estimate of drug-likeness (QED) is 0.164. The van der Waals surface area contributed by atoms with E-state index >= 15 is 4.79 Å². The van der Waals surface area contributed by atoms with Gasteiger partial charge in [0.05, 0.1) is 29.6 Å². The zero-order chi connectivity index (χ0) is 43.8. The van der Waals surface area contributed by atoms with E-state index in [9.17, 15) is 29.1 Å². The van der Waals surface area contributed by atoms with Crippen molar-refractivity contribution in [3.63, 3.8) is 0 Å². The van der Waals surface area contributed by atoms with Gasteiger partial charge in [0.1, 0.15) is 43.2 Å². The van der Waals surface area contributed by atoms with E-state index in [0.717, 1.165) is 0 Å². The normalized spacial score (nSPS) is 32.1. The molecular formula is C45H54O15. The Hall–Kier alpha value is -4.80. The molecule has 1 aliphatic heterocycles. The van der Waals surface area contributed by atoms with Crippen LogP contribution < -0.4 is 0 Å². The minimum Gasteiger partial charge on any atom is -0.455 e. The lowest BCUT2D eigenvalue weighted by Gasteiger charge is -2.67. The highest BCUT2D eigenvalue weighted by atomic mass is 16.6. The molecule has 324 valence electrons. The Morgan fingerprint density at radius 3 is 2.12 bits per heavy atom. The zero-order valence-corrected chi connectivity index (χ0v) is 35.2. The summed E-state index contributed by atoms with van der Waals surface area (Å²) < 4.78 is 47.8. The van der Waals surface area contributed by atoms with Crippen LogP contribution in [0.2, 0.25) is 0 Å². The Morgan fingerprint density at radius 1 is 0.900 bits per heavy atom. The topological polar surface area (TPSA) is 196 Å². The summed E-state index contributed by atoms with van der Waals surface area (Å²) in [5.41, 5.74) is -5.45. The summed E-state index contributed by atoms with van der Waals surface area (Å²) in [6, 6.07) is 16.9. The molecule has 0 aromatic heterocycles. The van der Waals surface area contributed by atoms with Gasteiger partial charge in [-0.15, -0.1) is 0 Å². The number of Topliss-reactive ketones (excluding diaryl/α,β-unsaturated/α-hetero) is 2. The molecule has 2 bridgehead atoms. The standard InChI is InChI=1S/C45H54O15/c1-25(46)22-55-23-34(48)57-30(19-28-15-11-9-12-16-28)41(51)58-31-21-45(52)39(59-40(50)29-17-13-10-14-18-29)37-43(6,38(49)36(54-8)35(26(31)2)42(45,4)5)32(53-7)20-33-44(37,24-56-33)60-27(3)47/h9-18,30-33,36-37,39,52H,19-24H2,1-8H3/t30-,31+,32+,33?,36-,37?,39+,43-,44+,45-/m1/s1. The van der Waals surface area contributed by atoms with E-state index < -0.39 is 107 Å². The van der Waals surface area contributed by atoms with E-state index in [1.807, 2.05) is 0 Å².